The van der Waals surface area contributed by atoms with Gasteiger partial charge in [0.25, 0.3) is 6.29 Å². The summed E-state index contributed by atoms with van der Waals surface area (Å²) in [5.74, 6) is -0.352. The van der Waals surface area contributed by atoms with Gasteiger partial charge in [0.2, 0.25) is 0 Å². The molecular weight excluding hydrogens is 384 g/mol. The highest BCUT2D eigenvalue weighted by Gasteiger charge is 2.20. The number of hydrogen-bond acceptors (Lipinski definition) is 9. The predicted molar refractivity (Wildman–Crippen MR) is 99.3 cm³/mol. The minimum Gasteiger partial charge on any atom is -0.497 e. The molecule has 0 N–H and O–H groups in total. The Morgan fingerprint density at radius 3 is 1.52 bits per heavy atom. The molecule has 0 amide bonds. The van der Waals surface area contributed by atoms with E-state index in [-0.39, 0.29) is 17.7 Å². The van der Waals surface area contributed by atoms with Crippen LogP contribution in [0.25, 0.3) is 0 Å². The third-order valence-corrected chi connectivity index (χ3v) is 3.57. The van der Waals surface area contributed by atoms with E-state index in [4.69, 9.17) is 33.8 Å². The van der Waals surface area contributed by atoms with Crippen LogP contribution < -0.4 is 9.47 Å². The number of rotatable bonds is 11. The molecule has 0 aliphatic heterocycles. The zero-order valence-electron chi connectivity index (χ0n) is 16.3. The Morgan fingerprint density at radius 1 is 0.759 bits per heavy atom. The molecule has 0 radical (unpaired) electrons. The molecule has 156 valence electrons. The number of hydrogen-bond donors (Lipinski definition) is 0. The first-order valence-electron chi connectivity index (χ1n) is 8.68. The lowest BCUT2D eigenvalue weighted by Crippen LogP contribution is -2.26. The maximum Gasteiger partial charge on any atom is 0.373 e. The second-order valence-corrected chi connectivity index (χ2v) is 5.48. The van der Waals surface area contributed by atoms with Gasteiger partial charge in [-0.15, -0.1) is 9.78 Å². The van der Waals surface area contributed by atoms with Gasteiger partial charge in [-0.2, -0.15) is 0 Å². The highest BCUT2D eigenvalue weighted by molar-refractivity contribution is 5.89. The molecule has 0 heterocycles. The molecular formula is C20H22O9. The Bertz CT molecular complexity index is 708. The quantitative estimate of drug-likeness (QED) is 0.317. The summed E-state index contributed by atoms with van der Waals surface area (Å²) in [6.07, 6.45) is -1.28. The monoisotopic (exact) mass is 406 g/mol. The van der Waals surface area contributed by atoms with Gasteiger partial charge < -0.3 is 14.2 Å². The molecule has 9 nitrogen and oxygen atoms in total. The normalized spacial score (nSPS) is 10.5. The Hall–Kier alpha value is -3.14. The molecule has 0 atom stereocenters. The van der Waals surface area contributed by atoms with Crippen LogP contribution in [0.2, 0.25) is 0 Å². The van der Waals surface area contributed by atoms with Crippen molar-refractivity contribution in [1.82, 2.24) is 0 Å². The Balaban J connectivity index is 1.88. The van der Waals surface area contributed by atoms with Crippen LogP contribution in [0.5, 0.6) is 11.5 Å². The van der Waals surface area contributed by atoms with Crippen molar-refractivity contribution in [1.29, 1.82) is 0 Å². The van der Waals surface area contributed by atoms with Crippen molar-refractivity contribution in [2.45, 2.75) is 13.2 Å². The molecule has 2 aromatic carbocycles. The Kier molecular flexibility index (Phi) is 8.90. The number of ether oxygens (including phenoxy) is 3. The van der Waals surface area contributed by atoms with Crippen molar-refractivity contribution in [2.75, 3.05) is 27.4 Å². The average Bonchev–Trinajstić information content (AvgIpc) is 2.78. The van der Waals surface area contributed by atoms with Crippen molar-refractivity contribution < 1.29 is 43.3 Å². The smallest absolute Gasteiger partial charge is 0.373 e. The van der Waals surface area contributed by atoms with Crippen molar-refractivity contribution in [3.05, 3.63) is 59.7 Å². The van der Waals surface area contributed by atoms with E-state index in [1.54, 1.807) is 31.2 Å². The molecule has 9 heteroatoms. The fraction of sp³-hybridized carbons (Fsp3) is 0.300. The lowest BCUT2D eigenvalue weighted by atomic mass is 10.2. The number of methoxy groups -OCH3 is 2. The molecule has 0 unspecified atom stereocenters. The summed E-state index contributed by atoms with van der Waals surface area (Å²) in [7, 11) is 3.03. The van der Waals surface area contributed by atoms with Gasteiger partial charge in [0.15, 0.2) is 0 Å². The zero-order valence-corrected chi connectivity index (χ0v) is 16.3. The third-order valence-electron chi connectivity index (χ3n) is 3.57. The van der Waals surface area contributed by atoms with Gasteiger partial charge in [-0.1, -0.05) is 0 Å². The summed E-state index contributed by atoms with van der Waals surface area (Å²) in [5, 5.41) is 0. The van der Waals surface area contributed by atoms with Crippen molar-refractivity contribution in [3.8, 4) is 11.5 Å². The lowest BCUT2D eigenvalue weighted by Gasteiger charge is -2.15. The zero-order chi connectivity index (χ0) is 21.1. The first kappa shape index (κ1) is 22.2. The van der Waals surface area contributed by atoms with Crippen molar-refractivity contribution >= 4 is 11.9 Å². The third kappa shape index (κ3) is 7.07. The van der Waals surface area contributed by atoms with Gasteiger partial charge in [0.05, 0.1) is 25.3 Å². The number of carbonyl (C=O) groups is 2. The van der Waals surface area contributed by atoms with E-state index in [2.05, 4.69) is 0 Å². The Morgan fingerprint density at radius 2 is 1.17 bits per heavy atom. The summed E-state index contributed by atoms with van der Waals surface area (Å²) in [6.45, 7) is 1.97. The van der Waals surface area contributed by atoms with Crippen molar-refractivity contribution in [2.24, 2.45) is 0 Å². The largest absolute Gasteiger partial charge is 0.497 e. The fourth-order valence-corrected chi connectivity index (χ4v) is 2.03. The molecule has 0 spiro atoms. The number of benzene rings is 2. The maximum absolute atomic E-state index is 12.0. The molecule has 0 bridgehead atoms. The van der Waals surface area contributed by atoms with E-state index in [1.165, 1.54) is 38.5 Å². The summed E-state index contributed by atoms with van der Waals surface area (Å²) in [4.78, 5) is 43.4. The molecule has 0 fully saturated rings. The summed E-state index contributed by atoms with van der Waals surface area (Å²) < 4.78 is 15.2. The van der Waals surface area contributed by atoms with Crippen LogP contribution in [0.1, 0.15) is 27.6 Å². The van der Waals surface area contributed by atoms with E-state index in [0.29, 0.717) is 18.1 Å². The van der Waals surface area contributed by atoms with Crippen LogP contribution >= 0.6 is 0 Å². The lowest BCUT2D eigenvalue weighted by molar-refractivity contribution is -0.426. The van der Waals surface area contributed by atoms with Gasteiger partial charge in [-0.25, -0.2) is 9.59 Å². The summed E-state index contributed by atoms with van der Waals surface area (Å²) in [5.41, 5.74) is 0.465. The molecule has 2 rings (SSSR count). The predicted octanol–water partition coefficient (Wildman–Crippen LogP) is 2.94. The molecule has 0 saturated carbocycles. The SMILES string of the molecule is CCOCC(OOC(=O)c1ccc(OC)cc1)OOC(=O)c1ccc(OC)cc1. The van der Waals surface area contributed by atoms with Gasteiger partial charge in [-0.05, 0) is 55.5 Å². The number of carbonyl (C=O) groups excluding carboxylic acids is 2. The van der Waals surface area contributed by atoms with E-state index >= 15 is 0 Å². The summed E-state index contributed by atoms with van der Waals surface area (Å²) >= 11 is 0. The molecule has 29 heavy (non-hydrogen) atoms. The minimum absolute atomic E-state index is 0.137. The topological polar surface area (TPSA) is 98.8 Å². The molecule has 0 aliphatic rings. The van der Waals surface area contributed by atoms with E-state index in [1.807, 2.05) is 0 Å². The average molecular weight is 406 g/mol. The van der Waals surface area contributed by atoms with Crippen LogP contribution in [0.3, 0.4) is 0 Å². The fourth-order valence-electron chi connectivity index (χ4n) is 2.03. The minimum atomic E-state index is -1.28. The van der Waals surface area contributed by atoms with Crippen LogP contribution in [0, 0.1) is 0 Å². The second-order valence-electron chi connectivity index (χ2n) is 5.48. The van der Waals surface area contributed by atoms with Crippen molar-refractivity contribution in [3.63, 3.8) is 0 Å². The second kappa shape index (κ2) is 11.6. The molecule has 0 aromatic heterocycles. The maximum atomic E-state index is 12.0. The Labute approximate surface area is 167 Å². The van der Waals surface area contributed by atoms with Gasteiger partial charge in [-0.3, -0.25) is 9.78 Å². The molecule has 2 aromatic rings. The first-order chi connectivity index (χ1) is 14.1. The summed E-state index contributed by atoms with van der Waals surface area (Å²) in [6, 6.07) is 12.4. The first-order valence-corrected chi connectivity index (χ1v) is 8.68. The highest BCUT2D eigenvalue weighted by atomic mass is 17.3. The van der Waals surface area contributed by atoms with Gasteiger partial charge in [0, 0.05) is 6.61 Å². The van der Waals surface area contributed by atoms with E-state index in [0.717, 1.165) is 0 Å². The highest BCUT2D eigenvalue weighted by Crippen LogP contribution is 2.14. The van der Waals surface area contributed by atoms with Gasteiger partial charge in [0.1, 0.15) is 18.1 Å². The molecule has 0 aliphatic carbocycles. The van der Waals surface area contributed by atoms with Gasteiger partial charge >= 0.3 is 11.9 Å². The van der Waals surface area contributed by atoms with E-state index in [9.17, 15) is 9.59 Å². The standard InChI is InChI=1S/C20H22O9/c1-4-25-13-18(26-28-19(21)14-5-9-16(23-2)10-6-14)27-29-20(22)15-7-11-17(24-3)12-8-15/h5-12,18H,4,13H2,1-3H3. The molecule has 0 saturated heterocycles. The van der Waals surface area contributed by atoms with E-state index < -0.39 is 18.2 Å². The van der Waals surface area contributed by atoms with Crippen LogP contribution in [0.4, 0.5) is 0 Å². The van der Waals surface area contributed by atoms with Crippen LogP contribution in [-0.4, -0.2) is 45.7 Å². The van der Waals surface area contributed by atoms with Crippen LogP contribution in [0.15, 0.2) is 48.5 Å². The van der Waals surface area contributed by atoms with Crippen LogP contribution in [-0.2, 0) is 24.3 Å².